The molecule has 0 heterocycles. The summed E-state index contributed by atoms with van der Waals surface area (Å²) in [7, 11) is 0. The van der Waals surface area contributed by atoms with E-state index in [1.54, 1.807) is 89.2 Å². The molecule has 2 aromatic carbocycles. The molecule has 16 nitrogen and oxygen atoms in total. The molecule has 16 heteroatoms. The molecule has 7 rings (SSSR count). The maximum atomic E-state index is 15.3. The van der Waals surface area contributed by atoms with Crippen molar-refractivity contribution in [2.45, 2.75) is 173 Å². The third-order valence-corrected chi connectivity index (χ3v) is 15.3. The Morgan fingerprint density at radius 2 is 1.54 bits per heavy atom. The fourth-order valence-electron chi connectivity index (χ4n) is 11.7. The standard InChI is InChI=1S/C53H67NO15/c1-30-36(65-46(60)41(66-48(62)64-35-24-18-10-9-11-19-25-35)39(32-20-14-12-15-21-32)54-47(61)69-49(3,4)5)29-53(63)44(67-45(59)33-22-16-13-17-23-33)42-51(8,43(58)40(57)38(30)50(53,6)7)37(56)28-34-26-27-52(34,42)68-31(2)55/h12-18,20-24,34-37,39-42,44,56-57,63H,9-11,19,25-29H2,1-8H3,(H,54,61)/b24-18+/t34-,35?,36+,37+,39+,40-,41-,42?,44?,51-,52+,53-/m1/s1. The number of esters is 3. The monoisotopic (exact) mass is 957 g/mol. The molecule has 0 aromatic heterocycles. The predicted molar refractivity (Wildman–Crippen MR) is 248 cm³/mol. The summed E-state index contributed by atoms with van der Waals surface area (Å²) in [6, 6.07) is 14.7. The van der Waals surface area contributed by atoms with Crippen molar-refractivity contribution in [1.29, 1.82) is 0 Å². The van der Waals surface area contributed by atoms with E-state index < -0.39 is 124 Å². The largest absolute Gasteiger partial charge is 0.509 e. The molecule has 12 atom stereocenters. The molecular weight excluding hydrogens is 891 g/mol. The molecule has 0 spiro atoms. The van der Waals surface area contributed by atoms with E-state index in [4.69, 9.17) is 28.4 Å². The highest BCUT2D eigenvalue weighted by molar-refractivity contribution is 5.94. The fourth-order valence-corrected chi connectivity index (χ4v) is 11.7. The zero-order valence-corrected chi connectivity index (χ0v) is 40.7. The number of alkyl carbamates (subject to hydrolysis) is 1. The number of amides is 1. The Morgan fingerprint density at radius 1 is 0.870 bits per heavy atom. The van der Waals surface area contributed by atoms with Gasteiger partial charge in [-0.05, 0) is 114 Å². The highest BCUT2D eigenvalue weighted by Crippen LogP contribution is 2.67. The number of carbonyl (C=O) groups is 6. The van der Waals surface area contributed by atoms with E-state index in [-0.39, 0.29) is 29.6 Å². The van der Waals surface area contributed by atoms with Gasteiger partial charge in [0.1, 0.15) is 47.3 Å². The minimum absolute atomic E-state index is 0.0128. The Labute approximate surface area is 403 Å². The summed E-state index contributed by atoms with van der Waals surface area (Å²) in [5.74, 6) is -5.68. The van der Waals surface area contributed by atoms with Gasteiger partial charge in [0.25, 0.3) is 0 Å². The molecule has 0 saturated heterocycles. The van der Waals surface area contributed by atoms with Crippen LogP contribution in [-0.4, -0.2) is 105 Å². The van der Waals surface area contributed by atoms with Crippen LogP contribution in [0.2, 0.25) is 0 Å². The summed E-state index contributed by atoms with van der Waals surface area (Å²) in [5, 5.41) is 41.0. The van der Waals surface area contributed by atoms with Crippen LogP contribution in [0.3, 0.4) is 0 Å². The van der Waals surface area contributed by atoms with Gasteiger partial charge in [0, 0.05) is 24.7 Å². The van der Waals surface area contributed by atoms with Gasteiger partial charge in [-0.3, -0.25) is 9.59 Å². The average molecular weight is 958 g/mol. The van der Waals surface area contributed by atoms with Gasteiger partial charge in [-0.1, -0.05) is 74.9 Å². The van der Waals surface area contributed by atoms with Crippen LogP contribution in [0.1, 0.15) is 135 Å². The molecule has 374 valence electrons. The first-order valence-electron chi connectivity index (χ1n) is 24.0. The van der Waals surface area contributed by atoms with Crippen LogP contribution in [-0.2, 0) is 42.8 Å². The minimum atomic E-state index is -2.37. The molecule has 2 bridgehead atoms. The maximum Gasteiger partial charge on any atom is 0.509 e. The Balaban J connectivity index is 1.36. The number of carbonyl (C=O) groups excluding carboxylic acids is 6. The second-order valence-electron chi connectivity index (χ2n) is 21.1. The number of rotatable bonds is 10. The number of Topliss-reactive ketones (excluding diaryl/α,β-unsaturated/α-hetero) is 1. The Bertz CT molecular complexity index is 2340. The minimum Gasteiger partial charge on any atom is -0.458 e. The number of hydrogen-bond donors (Lipinski definition) is 4. The maximum absolute atomic E-state index is 15.3. The third kappa shape index (κ3) is 9.81. The van der Waals surface area contributed by atoms with Gasteiger partial charge in [0.05, 0.1) is 23.0 Å². The number of allylic oxidation sites excluding steroid dienone is 1. The number of nitrogens with one attached hydrogen (secondary N) is 1. The van der Waals surface area contributed by atoms with Crippen LogP contribution in [0.4, 0.5) is 9.59 Å². The topological polar surface area (TPSA) is 231 Å². The second-order valence-corrected chi connectivity index (χ2v) is 21.1. The quantitative estimate of drug-likeness (QED) is 0.104. The van der Waals surface area contributed by atoms with Gasteiger partial charge in [-0.15, -0.1) is 0 Å². The smallest absolute Gasteiger partial charge is 0.458 e. The molecule has 2 aromatic rings. The number of fused-ring (bicyclic) bond motifs is 5. The van der Waals surface area contributed by atoms with Crippen molar-refractivity contribution in [3.63, 3.8) is 0 Å². The van der Waals surface area contributed by atoms with Crippen LogP contribution in [0.15, 0.2) is 84.0 Å². The number of aliphatic hydroxyl groups excluding tert-OH is 2. The van der Waals surface area contributed by atoms with Crippen molar-refractivity contribution in [3.8, 4) is 0 Å². The van der Waals surface area contributed by atoms with E-state index in [1.165, 1.54) is 32.9 Å². The fraction of sp³-hybridized carbons (Fsp3) is 0.585. The van der Waals surface area contributed by atoms with Gasteiger partial charge in [-0.2, -0.15) is 0 Å². The number of hydrogen-bond acceptors (Lipinski definition) is 15. The van der Waals surface area contributed by atoms with Crippen LogP contribution in [0.25, 0.3) is 0 Å². The number of ether oxygens (including phenoxy) is 6. The molecular formula is C53H67NO15. The molecule has 4 N–H and O–H groups in total. The summed E-state index contributed by atoms with van der Waals surface area (Å²) in [5.41, 5.74) is -8.06. The molecule has 3 fully saturated rings. The first-order valence-corrected chi connectivity index (χ1v) is 24.0. The molecule has 0 aliphatic heterocycles. The number of aliphatic hydroxyl groups is 3. The van der Waals surface area contributed by atoms with Gasteiger partial charge >= 0.3 is 30.2 Å². The normalized spacial score (nSPS) is 33.0. The van der Waals surface area contributed by atoms with E-state index >= 15 is 9.59 Å². The van der Waals surface area contributed by atoms with Gasteiger partial charge in [0.15, 0.2) is 5.78 Å². The molecule has 3 unspecified atom stereocenters. The van der Waals surface area contributed by atoms with Crippen molar-refractivity contribution in [2.24, 2.45) is 22.7 Å². The lowest BCUT2D eigenvalue weighted by atomic mass is 9.41. The van der Waals surface area contributed by atoms with Crippen molar-refractivity contribution < 1.29 is 72.5 Å². The third-order valence-electron chi connectivity index (χ3n) is 15.3. The summed E-state index contributed by atoms with van der Waals surface area (Å²) >= 11 is 0. The van der Waals surface area contributed by atoms with E-state index in [1.807, 2.05) is 6.08 Å². The molecule has 0 radical (unpaired) electrons. The van der Waals surface area contributed by atoms with Crippen LogP contribution in [0, 0.1) is 22.7 Å². The molecule has 5 aliphatic carbocycles. The average Bonchev–Trinajstić information content (AvgIpc) is 3.26. The van der Waals surface area contributed by atoms with Crippen LogP contribution in [0.5, 0.6) is 0 Å². The van der Waals surface area contributed by atoms with Crippen molar-refractivity contribution in [1.82, 2.24) is 5.32 Å². The molecule has 1 amide bonds. The lowest BCUT2D eigenvalue weighted by Gasteiger charge is -2.68. The van der Waals surface area contributed by atoms with Crippen molar-refractivity contribution in [3.05, 3.63) is 95.1 Å². The first-order chi connectivity index (χ1) is 32.4. The summed E-state index contributed by atoms with van der Waals surface area (Å²) in [6.07, 6.45) is -3.88. The number of benzene rings is 2. The molecule has 5 aliphatic rings. The van der Waals surface area contributed by atoms with Crippen molar-refractivity contribution >= 4 is 35.9 Å². The molecule has 3 saturated carbocycles. The molecule has 69 heavy (non-hydrogen) atoms. The van der Waals surface area contributed by atoms with E-state index in [2.05, 4.69) is 5.32 Å². The predicted octanol–water partition coefficient (Wildman–Crippen LogP) is 7.32. The Hall–Kier alpha value is -5.58. The highest BCUT2D eigenvalue weighted by Gasteiger charge is 2.77. The van der Waals surface area contributed by atoms with Crippen LogP contribution >= 0.6 is 0 Å². The van der Waals surface area contributed by atoms with E-state index in [0.29, 0.717) is 18.4 Å². The second kappa shape index (κ2) is 19.7. The van der Waals surface area contributed by atoms with Gasteiger partial charge in [0.2, 0.25) is 6.10 Å². The van der Waals surface area contributed by atoms with Crippen LogP contribution < -0.4 is 5.32 Å². The Morgan fingerprint density at radius 3 is 2.16 bits per heavy atom. The van der Waals surface area contributed by atoms with E-state index in [0.717, 1.165) is 25.7 Å². The lowest BCUT2D eigenvalue weighted by molar-refractivity contribution is -0.296. The SMILES string of the molecule is CC(=O)O[C@@]12CC[C@@H]1C[C@H](O)[C@@]1(C)C(=O)[C@H](O)C3=C(C)[C@@H](OC(=O)[C@H](OC(=O)OC4/C=C/CCCCC4)[C@@H](NC(=O)OC(C)(C)C)c4ccccc4)C[C@@](O)(C(OC(=O)c4ccccc4)C12)C3(C)C. The van der Waals surface area contributed by atoms with Crippen molar-refractivity contribution in [2.75, 3.05) is 0 Å². The first kappa shape index (κ1) is 51.3. The highest BCUT2D eigenvalue weighted by atomic mass is 16.7. The summed E-state index contributed by atoms with van der Waals surface area (Å²) < 4.78 is 36.2. The van der Waals surface area contributed by atoms with Gasteiger partial charge < -0.3 is 49.1 Å². The van der Waals surface area contributed by atoms with Gasteiger partial charge in [-0.25, -0.2) is 19.2 Å². The summed E-state index contributed by atoms with van der Waals surface area (Å²) in [6.45, 7) is 12.3. The zero-order chi connectivity index (χ0) is 50.3. The summed E-state index contributed by atoms with van der Waals surface area (Å²) in [4.78, 5) is 85.3. The Kier molecular flexibility index (Phi) is 14.6. The number of ketones is 1. The lowest BCUT2D eigenvalue weighted by Crippen LogP contribution is -2.78. The zero-order valence-electron chi connectivity index (χ0n) is 40.7. The van der Waals surface area contributed by atoms with E-state index in [9.17, 15) is 34.5 Å².